The predicted octanol–water partition coefficient (Wildman–Crippen LogP) is 2.09. The molecule has 0 aliphatic heterocycles. The molecule has 2 rings (SSSR count). The van der Waals surface area contributed by atoms with Gasteiger partial charge < -0.3 is 20.4 Å². The minimum atomic E-state index is -0.389. The summed E-state index contributed by atoms with van der Waals surface area (Å²) in [5, 5.41) is 8.48. The molecule has 0 spiro atoms. The smallest absolute Gasteiger partial charge is 0.315 e. The second-order valence-electron chi connectivity index (χ2n) is 4.85. The summed E-state index contributed by atoms with van der Waals surface area (Å²) in [6, 6.07) is 10.6. The van der Waals surface area contributed by atoms with Gasteiger partial charge in [-0.2, -0.15) is 0 Å². The standard InChI is InChI=1S/C16H18ClN3O3/c17-13-4-1-3-12(9-13)6-7-18-16(22)20-11-15(21)19-10-14-5-2-8-23-14/h1-5,8-9H,6-7,10-11H2,(H,19,21)(H2,18,20,22). The molecule has 1 heterocycles. The zero-order valence-electron chi connectivity index (χ0n) is 12.5. The molecule has 0 fully saturated rings. The summed E-state index contributed by atoms with van der Waals surface area (Å²) in [5.41, 5.74) is 1.04. The van der Waals surface area contributed by atoms with Gasteiger partial charge in [0.1, 0.15) is 5.76 Å². The molecule has 0 unspecified atom stereocenters. The van der Waals surface area contributed by atoms with E-state index in [-0.39, 0.29) is 18.5 Å². The highest BCUT2D eigenvalue weighted by molar-refractivity contribution is 6.30. The molecule has 7 heteroatoms. The Morgan fingerprint density at radius 2 is 1.96 bits per heavy atom. The molecule has 2 aromatic rings. The van der Waals surface area contributed by atoms with Gasteiger partial charge in [-0.15, -0.1) is 0 Å². The van der Waals surface area contributed by atoms with Gasteiger partial charge in [-0.25, -0.2) is 4.79 Å². The molecule has 3 amide bonds. The molecule has 0 radical (unpaired) electrons. The van der Waals surface area contributed by atoms with Crippen LogP contribution < -0.4 is 16.0 Å². The molecule has 0 aliphatic rings. The third-order valence-electron chi connectivity index (χ3n) is 3.04. The summed E-state index contributed by atoms with van der Waals surface area (Å²) >= 11 is 5.89. The number of benzene rings is 1. The van der Waals surface area contributed by atoms with E-state index in [4.69, 9.17) is 16.0 Å². The van der Waals surface area contributed by atoms with E-state index in [1.54, 1.807) is 18.2 Å². The van der Waals surface area contributed by atoms with Crippen molar-refractivity contribution in [2.75, 3.05) is 13.1 Å². The van der Waals surface area contributed by atoms with Crippen molar-refractivity contribution in [3.05, 3.63) is 59.0 Å². The van der Waals surface area contributed by atoms with Gasteiger partial charge in [-0.1, -0.05) is 23.7 Å². The minimum absolute atomic E-state index is 0.0935. The van der Waals surface area contributed by atoms with E-state index in [1.807, 2.05) is 18.2 Å². The van der Waals surface area contributed by atoms with Crippen molar-refractivity contribution >= 4 is 23.5 Å². The predicted molar refractivity (Wildman–Crippen MR) is 87.1 cm³/mol. The molecule has 122 valence electrons. The van der Waals surface area contributed by atoms with E-state index in [2.05, 4.69) is 16.0 Å². The number of nitrogens with one attached hydrogen (secondary N) is 3. The number of carbonyl (C=O) groups excluding carboxylic acids is 2. The fourth-order valence-corrected chi connectivity index (χ4v) is 2.11. The van der Waals surface area contributed by atoms with E-state index < -0.39 is 0 Å². The minimum Gasteiger partial charge on any atom is -0.467 e. The fraction of sp³-hybridized carbons (Fsp3) is 0.250. The Morgan fingerprint density at radius 3 is 2.70 bits per heavy atom. The lowest BCUT2D eigenvalue weighted by Crippen LogP contribution is -2.42. The first-order valence-electron chi connectivity index (χ1n) is 7.19. The molecule has 0 saturated heterocycles. The normalized spacial score (nSPS) is 10.1. The highest BCUT2D eigenvalue weighted by Gasteiger charge is 2.05. The number of amides is 3. The summed E-state index contributed by atoms with van der Waals surface area (Å²) in [7, 11) is 0. The Labute approximate surface area is 139 Å². The second-order valence-corrected chi connectivity index (χ2v) is 5.28. The van der Waals surface area contributed by atoms with Crippen molar-refractivity contribution in [3.63, 3.8) is 0 Å². The largest absolute Gasteiger partial charge is 0.467 e. The van der Waals surface area contributed by atoms with Crippen LogP contribution in [0.4, 0.5) is 4.79 Å². The van der Waals surface area contributed by atoms with E-state index in [0.29, 0.717) is 30.3 Å². The van der Waals surface area contributed by atoms with Crippen LogP contribution in [0.2, 0.25) is 5.02 Å². The summed E-state index contributed by atoms with van der Waals surface area (Å²) in [6.45, 7) is 0.661. The van der Waals surface area contributed by atoms with Crippen molar-refractivity contribution in [2.24, 2.45) is 0 Å². The van der Waals surface area contributed by atoms with Crippen LogP contribution in [0.1, 0.15) is 11.3 Å². The first-order valence-corrected chi connectivity index (χ1v) is 7.56. The number of hydrogen-bond acceptors (Lipinski definition) is 3. The first-order chi connectivity index (χ1) is 11.1. The Morgan fingerprint density at radius 1 is 1.09 bits per heavy atom. The van der Waals surface area contributed by atoms with Crippen molar-refractivity contribution in [1.29, 1.82) is 0 Å². The number of urea groups is 1. The van der Waals surface area contributed by atoms with Gasteiger partial charge in [0.05, 0.1) is 19.4 Å². The lowest BCUT2D eigenvalue weighted by Gasteiger charge is -2.08. The quantitative estimate of drug-likeness (QED) is 0.724. The molecular weight excluding hydrogens is 318 g/mol. The highest BCUT2D eigenvalue weighted by atomic mass is 35.5. The lowest BCUT2D eigenvalue weighted by molar-refractivity contribution is -0.120. The van der Waals surface area contributed by atoms with E-state index in [1.165, 1.54) is 6.26 Å². The Balaban J connectivity index is 1.58. The number of hydrogen-bond donors (Lipinski definition) is 3. The van der Waals surface area contributed by atoms with Gasteiger partial charge in [-0.05, 0) is 36.2 Å². The van der Waals surface area contributed by atoms with Gasteiger partial charge in [0, 0.05) is 11.6 Å². The Hall–Kier alpha value is -2.47. The van der Waals surface area contributed by atoms with Crippen LogP contribution in [0.25, 0.3) is 0 Å². The van der Waals surface area contributed by atoms with Gasteiger partial charge in [0.15, 0.2) is 0 Å². The van der Waals surface area contributed by atoms with E-state index >= 15 is 0 Å². The molecule has 0 bridgehead atoms. The maximum Gasteiger partial charge on any atom is 0.315 e. The van der Waals surface area contributed by atoms with Crippen molar-refractivity contribution in [2.45, 2.75) is 13.0 Å². The van der Waals surface area contributed by atoms with E-state index in [9.17, 15) is 9.59 Å². The van der Waals surface area contributed by atoms with Gasteiger partial charge >= 0.3 is 6.03 Å². The van der Waals surface area contributed by atoms with Crippen LogP contribution >= 0.6 is 11.6 Å². The summed E-state index contributed by atoms with van der Waals surface area (Å²) < 4.78 is 5.09. The monoisotopic (exact) mass is 335 g/mol. The summed E-state index contributed by atoms with van der Waals surface area (Å²) in [4.78, 5) is 23.2. The number of carbonyl (C=O) groups is 2. The molecule has 0 atom stereocenters. The third kappa shape index (κ3) is 6.44. The fourth-order valence-electron chi connectivity index (χ4n) is 1.90. The first kappa shape index (κ1) is 16.9. The second kappa shape index (κ2) is 8.85. The summed E-state index contributed by atoms with van der Waals surface area (Å²) in [5.74, 6) is 0.371. The zero-order valence-corrected chi connectivity index (χ0v) is 13.2. The maximum absolute atomic E-state index is 11.6. The molecule has 3 N–H and O–H groups in total. The Bertz CT molecular complexity index is 644. The average Bonchev–Trinajstić information content (AvgIpc) is 3.04. The molecule has 6 nitrogen and oxygen atoms in total. The molecular formula is C16H18ClN3O3. The number of furan rings is 1. The summed E-state index contributed by atoms with van der Waals surface area (Å²) in [6.07, 6.45) is 2.20. The molecule has 23 heavy (non-hydrogen) atoms. The highest BCUT2D eigenvalue weighted by Crippen LogP contribution is 2.10. The van der Waals surface area contributed by atoms with Crippen LogP contribution in [-0.4, -0.2) is 25.0 Å². The van der Waals surface area contributed by atoms with Crippen molar-refractivity contribution in [3.8, 4) is 0 Å². The van der Waals surface area contributed by atoms with Crippen molar-refractivity contribution < 1.29 is 14.0 Å². The third-order valence-corrected chi connectivity index (χ3v) is 3.27. The van der Waals surface area contributed by atoms with Gasteiger partial charge in [-0.3, -0.25) is 4.79 Å². The lowest BCUT2D eigenvalue weighted by atomic mass is 10.1. The molecule has 1 aromatic heterocycles. The zero-order chi connectivity index (χ0) is 16.5. The molecule has 0 saturated carbocycles. The molecule has 1 aromatic carbocycles. The topological polar surface area (TPSA) is 83.4 Å². The van der Waals surface area contributed by atoms with Crippen LogP contribution in [0, 0.1) is 0 Å². The van der Waals surface area contributed by atoms with Crippen LogP contribution in [-0.2, 0) is 17.8 Å². The maximum atomic E-state index is 11.6. The van der Waals surface area contributed by atoms with E-state index in [0.717, 1.165) is 5.56 Å². The van der Waals surface area contributed by atoms with Crippen LogP contribution in [0.5, 0.6) is 0 Å². The molecule has 0 aliphatic carbocycles. The average molecular weight is 336 g/mol. The van der Waals surface area contributed by atoms with Gasteiger partial charge in [0.2, 0.25) is 5.91 Å². The van der Waals surface area contributed by atoms with Gasteiger partial charge in [0.25, 0.3) is 0 Å². The number of halogens is 1. The Kier molecular flexibility index (Phi) is 6.50. The SMILES string of the molecule is O=C(CNC(=O)NCCc1cccc(Cl)c1)NCc1ccco1. The number of rotatable bonds is 7. The van der Waals surface area contributed by atoms with Crippen LogP contribution in [0.3, 0.4) is 0 Å². The van der Waals surface area contributed by atoms with Crippen molar-refractivity contribution in [1.82, 2.24) is 16.0 Å². The van der Waals surface area contributed by atoms with Crippen LogP contribution in [0.15, 0.2) is 47.1 Å².